The summed E-state index contributed by atoms with van der Waals surface area (Å²) in [6, 6.07) is 0. The molecule has 100 valence electrons. The van der Waals surface area contributed by atoms with Crippen molar-refractivity contribution in [1.29, 1.82) is 0 Å². The highest BCUT2D eigenvalue weighted by Gasteiger charge is 2.24. The lowest BCUT2D eigenvalue weighted by molar-refractivity contribution is 0.0258. The van der Waals surface area contributed by atoms with Crippen molar-refractivity contribution in [3.05, 3.63) is 20.2 Å². The Morgan fingerprint density at radius 2 is 2.00 bits per heavy atom. The maximum Gasteiger partial charge on any atom is 0.410 e. The quantitative estimate of drug-likeness (QED) is 0.781. The summed E-state index contributed by atoms with van der Waals surface area (Å²) in [7, 11) is 0. The molecule has 0 aliphatic carbocycles. The minimum Gasteiger partial charge on any atom is -0.444 e. The van der Waals surface area contributed by atoms with E-state index in [4.69, 9.17) is 4.74 Å². The first-order chi connectivity index (χ1) is 8.35. The molecule has 0 aromatic carbocycles. The Morgan fingerprint density at radius 1 is 1.33 bits per heavy atom. The maximum absolute atomic E-state index is 11.9. The van der Waals surface area contributed by atoms with Crippen molar-refractivity contribution in [1.82, 2.24) is 9.88 Å². The van der Waals surface area contributed by atoms with Gasteiger partial charge in [0.15, 0.2) is 0 Å². The van der Waals surface area contributed by atoms with Crippen LogP contribution in [0.5, 0.6) is 0 Å². The number of hydrogen-bond acceptors (Lipinski definition) is 4. The van der Waals surface area contributed by atoms with Crippen LogP contribution in [0, 0.1) is 0 Å². The fraction of sp³-hybridized carbons (Fsp3) is 0.667. The maximum atomic E-state index is 11.9. The predicted octanol–water partition coefficient (Wildman–Crippen LogP) is 1.77. The van der Waals surface area contributed by atoms with Gasteiger partial charge in [0, 0.05) is 36.5 Å². The molecule has 2 heterocycles. The number of H-pyrrole nitrogens is 1. The van der Waals surface area contributed by atoms with Crippen molar-refractivity contribution in [2.75, 3.05) is 13.1 Å². The van der Waals surface area contributed by atoms with Crippen molar-refractivity contribution in [2.45, 2.75) is 39.2 Å². The Bertz CT molecular complexity index is 470. The average Bonchev–Trinajstić information content (AvgIpc) is 2.45. The molecule has 1 aromatic heterocycles. The number of ether oxygens (including phenoxy) is 1. The summed E-state index contributed by atoms with van der Waals surface area (Å²) in [5.74, 6) is 0. The summed E-state index contributed by atoms with van der Waals surface area (Å²) >= 11 is 1.24. The number of fused-ring (bicyclic) bond motifs is 1. The van der Waals surface area contributed by atoms with E-state index >= 15 is 0 Å². The van der Waals surface area contributed by atoms with Crippen molar-refractivity contribution in [2.24, 2.45) is 0 Å². The van der Waals surface area contributed by atoms with Crippen molar-refractivity contribution >= 4 is 17.4 Å². The van der Waals surface area contributed by atoms with Crippen LogP contribution in [0.2, 0.25) is 0 Å². The topological polar surface area (TPSA) is 62.4 Å². The molecule has 1 N–H and O–H groups in total. The molecule has 0 atom stereocenters. The van der Waals surface area contributed by atoms with Crippen LogP contribution in [0.4, 0.5) is 4.79 Å². The molecule has 0 radical (unpaired) electrons. The summed E-state index contributed by atoms with van der Waals surface area (Å²) in [5.41, 5.74) is 0.499. The lowest BCUT2D eigenvalue weighted by atomic mass is 10.2. The smallest absolute Gasteiger partial charge is 0.410 e. The number of rotatable bonds is 0. The number of thiazole rings is 1. The van der Waals surface area contributed by atoms with E-state index in [1.165, 1.54) is 11.3 Å². The highest BCUT2D eigenvalue weighted by atomic mass is 32.1. The Balaban J connectivity index is 2.02. The molecule has 1 aromatic rings. The van der Waals surface area contributed by atoms with Crippen LogP contribution in [0.15, 0.2) is 4.79 Å². The van der Waals surface area contributed by atoms with Crippen LogP contribution in [0.1, 0.15) is 31.3 Å². The SMILES string of the molecule is CC(C)(C)OC(=O)N1CCc2[nH]c(=O)sc2CC1. The number of hydrogen-bond donors (Lipinski definition) is 1. The number of nitrogens with zero attached hydrogens (tertiary/aromatic N) is 1. The van der Waals surface area contributed by atoms with E-state index in [1.807, 2.05) is 20.8 Å². The lowest BCUT2D eigenvalue weighted by Crippen LogP contribution is -2.38. The zero-order valence-corrected chi connectivity index (χ0v) is 11.7. The van der Waals surface area contributed by atoms with Crippen LogP contribution in [-0.4, -0.2) is 34.7 Å². The fourth-order valence-electron chi connectivity index (χ4n) is 1.90. The van der Waals surface area contributed by atoms with Crippen LogP contribution in [0.3, 0.4) is 0 Å². The van der Waals surface area contributed by atoms with Gasteiger partial charge in [-0.2, -0.15) is 0 Å². The molecule has 6 heteroatoms. The van der Waals surface area contributed by atoms with Gasteiger partial charge < -0.3 is 14.6 Å². The largest absolute Gasteiger partial charge is 0.444 e. The third-order valence-electron chi connectivity index (χ3n) is 2.70. The Labute approximate surface area is 110 Å². The molecule has 18 heavy (non-hydrogen) atoms. The van der Waals surface area contributed by atoms with Gasteiger partial charge in [-0.25, -0.2) is 4.79 Å². The zero-order valence-electron chi connectivity index (χ0n) is 10.9. The van der Waals surface area contributed by atoms with Crippen LogP contribution >= 0.6 is 11.3 Å². The molecule has 2 rings (SSSR count). The van der Waals surface area contributed by atoms with Gasteiger partial charge in [-0.3, -0.25) is 4.79 Å². The third-order valence-corrected chi connectivity index (χ3v) is 3.68. The number of aromatic nitrogens is 1. The van der Waals surface area contributed by atoms with Gasteiger partial charge in [-0.05, 0) is 20.8 Å². The average molecular weight is 270 g/mol. The molecule has 0 unspecified atom stereocenters. The van der Waals surface area contributed by atoms with Gasteiger partial charge in [0.1, 0.15) is 5.60 Å². The summed E-state index contributed by atoms with van der Waals surface area (Å²) in [4.78, 5) is 28.8. The highest BCUT2D eigenvalue weighted by Crippen LogP contribution is 2.18. The van der Waals surface area contributed by atoms with E-state index in [0.29, 0.717) is 19.5 Å². The monoisotopic (exact) mass is 270 g/mol. The summed E-state index contributed by atoms with van der Waals surface area (Å²) < 4.78 is 5.35. The Morgan fingerprint density at radius 3 is 2.67 bits per heavy atom. The van der Waals surface area contributed by atoms with E-state index < -0.39 is 5.60 Å². The lowest BCUT2D eigenvalue weighted by Gasteiger charge is -2.26. The minimum atomic E-state index is -0.470. The summed E-state index contributed by atoms with van der Waals surface area (Å²) in [6.07, 6.45) is 1.13. The standard InChI is InChI=1S/C12H18N2O3S/c1-12(2,3)17-11(16)14-6-4-8-9(5-7-14)18-10(15)13-8/h4-7H2,1-3H3,(H,13,15). The second kappa shape index (κ2) is 4.76. The zero-order chi connectivity index (χ0) is 13.3. The molecule has 5 nitrogen and oxygen atoms in total. The highest BCUT2D eigenvalue weighted by molar-refractivity contribution is 7.09. The molecular weight excluding hydrogens is 252 g/mol. The molecular formula is C12H18N2O3S. The molecule has 0 saturated heterocycles. The molecule has 0 fully saturated rings. The van der Waals surface area contributed by atoms with Gasteiger partial charge in [-0.1, -0.05) is 11.3 Å². The number of amides is 1. The third kappa shape index (κ3) is 3.13. The Kier molecular flexibility index (Phi) is 3.47. The van der Waals surface area contributed by atoms with E-state index in [0.717, 1.165) is 17.0 Å². The van der Waals surface area contributed by atoms with Crippen LogP contribution in [-0.2, 0) is 17.6 Å². The van der Waals surface area contributed by atoms with Crippen LogP contribution < -0.4 is 4.87 Å². The molecule has 1 aliphatic rings. The van der Waals surface area contributed by atoms with E-state index in [1.54, 1.807) is 4.90 Å². The number of carbonyl (C=O) groups is 1. The first kappa shape index (κ1) is 13.1. The van der Waals surface area contributed by atoms with Crippen molar-refractivity contribution < 1.29 is 9.53 Å². The fourth-order valence-corrected chi connectivity index (χ4v) is 2.77. The van der Waals surface area contributed by atoms with Crippen LogP contribution in [0.25, 0.3) is 0 Å². The van der Waals surface area contributed by atoms with Crippen molar-refractivity contribution in [3.63, 3.8) is 0 Å². The van der Waals surface area contributed by atoms with Gasteiger partial charge in [0.2, 0.25) is 0 Å². The van der Waals surface area contributed by atoms with E-state index in [9.17, 15) is 9.59 Å². The van der Waals surface area contributed by atoms with Crippen molar-refractivity contribution in [3.8, 4) is 0 Å². The first-order valence-electron chi connectivity index (χ1n) is 6.04. The molecule has 1 aliphatic heterocycles. The number of carbonyl (C=O) groups excluding carboxylic acids is 1. The minimum absolute atomic E-state index is 0.00859. The molecule has 0 bridgehead atoms. The second-order valence-corrected chi connectivity index (χ2v) is 6.45. The summed E-state index contributed by atoms with van der Waals surface area (Å²) in [5, 5.41) is 0. The van der Waals surface area contributed by atoms with Gasteiger partial charge in [0.05, 0.1) is 0 Å². The summed E-state index contributed by atoms with van der Waals surface area (Å²) in [6.45, 7) is 6.77. The second-order valence-electron chi connectivity index (χ2n) is 5.38. The van der Waals surface area contributed by atoms with Gasteiger partial charge in [-0.15, -0.1) is 0 Å². The predicted molar refractivity (Wildman–Crippen MR) is 70.2 cm³/mol. The first-order valence-corrected chi connectivity index (χ1v) is 6.85. The Hall–Kier alpha value is -1.30. The normalized spacial score (nSPS) is 16.1. The molecule has 1 amide bonds. The number of nitrogens with one attached hydrogen (secondary N) is 1. The van der Waals surface area contributed by atoms with Gasteiger partial charge in [0.25, 0.3) is 0 Å². The van der Waals surface area contributed by atoms with E-state index in [2.05, 4.69) is 4.98 Å². The number of aromatic amines is 1. The molecule has 0 saturated carbocycles. The van der Waals surface area contributed by atoms with Gasteiger partial charge >= 0.3 is 11.0 Å². The molecule has 0 spiro atoms. The van der Waals surface area contributed by atoms with E-state index in [-0.39, 0.29) is 11.0 Å².